The average Bonchev–Trinajstić information content (AvgIpc) is 3.02. The molecule has 1 amide bonds. The molecule has 0 saturated heterocycles. The van der Waals surface area contributed by atoms with E-state index in [1.165, 1.54) is 18.2 Å². The summed E-state index contributed by atoms with van der Waals surface area (Å²) in [6, 6.07) is 13.0. The van der Waals surface area contributed by atoms with E-state index in [1.54, 1.807) is 23.0 Å². The first-order valence-corrected chi connectivity index (χ1v) is 6.26. The fraction of sp³-hybridized carbons (Fsp3) is 0. The van der Waals surface area contributed by atoms with Crippen molar-refractivity contribution in [3.63, 3.8) is 0 Å². The summed E-state index contributed by atoms with van der Waals surface area (Å²) in [6.07, 6.45) is 3.51. The van der Waals surface area contributed by atoms with Crippen LogP contribution >= 0.6 is 0 Å². The van der Waals surface area contributed by atoms with Crippen LogP contribution in [-0.4, -0.2) is 20.7 Å². The number of halogens is 1. The van der Waals surface area contributed by atoms with Crippen LogP contribution in [0.25, 0.3) is 5.69 Å². The number of hydrogen-bond acceptors (Lipinski definition) is 3. The monoisotopic (exact) mass is 282 g/mol. The molecule has 0 bridgehead atoms. The van der Waals surface area contributed by atoms with E-state index in [9.17, 15) is 9.18 Å². The number of nitrogens with one attached hydrogen (secondary N) is 1. The van der Waals surface area contributed by atoms with Gasteiger partial charge in [0.05, 0.1) is 5.69 Å². The third-order valence-corrected chi connectivity index (χ3v) is 2.84. The Morgan fingerprint density at radius 1 is 1.10 bits per heavy atom. The number of hydrogen-bond donors (Lipinski definition) is 1. The normalized spacial score (nSPS) is 10.3. The molecule has 2 heterocycles. The Balaban J connectivity index is 1.75. The maximum absolute atomic E-state index is 13.0. The van der Waals surface area contributed by atoms with Gasteiger partial charge < -0.3 is 5.32 Å². The lowest BCUT2D eigenvalue weighted by Gasteiger charge is -2.06. The van der Waals surface area contributed by atoms with Gasteiger partial charge >= 0.3 is 0 Å². The molecule has 104 valence electrons. The van der Waals surface area contributed by atoms with Crippen LogP contribution in [0.4, 0.5) is 10.1 Å². The van der Waals surface area contributed by atoms with E-state index in [0.29, 0.717) is 5.69 Å². The van der Waals surface area contributed by atoms with Gasteiger partial charge in [-0.25, -0.2) is 9.67 Å². The second kappa shape index (κ2) is 5.54. The third kappa shape index (κ3) is 2.94. The van der Waals surface area contributed by atoms with Gasteiger partial charge in [0, 0.05) is 18.1 Å². The molecule has 2 aromatic heterocycles. The summed E-state index contributed by atoms with van der Waals surface area (Å²) in [4.78, 5) is 15.5. The summed E-state index contributed by atoms with van der Waals surface area (Å²) in [5.74, 6) is -1.14. The number of aromatic nitrogens is 3. The summed E-state index contributed by atoms with van der Waals surface area (Å²) >= 11 is 0. The van der Waals surface area contributed by atoms with Crippen LogP contribution in [0.15, 0.2) is 60.9 Å². The molecular formula is C15H11FN4O. The second-order valence-corrected chi connectivity index (χ2v) is 4.30. The van der Waals surface area contributed by atoms with Crippen LogP contribution in [0, 0.1) is 5.95 Å². The predicted molar refractivity (Wildman–Crippen MR) is 75.7 cm³/mol. The molecule has 0 unspecified atom stereocenters. The topological polar surface area (TPSA) is 59.8 Å². The first-order valence-electron chi connectivity index (χ1n) is 6.26. The van der Waals surface area contributed by atoms with Gasteiger partial charge in [0.15, 0.2) is 0 Å². The Morgan fingerprint density at radius 3 is 2.57 bits per heavy atom. The Bertz CT molecular complexity index is 754. The minimum Gasteiger partial charge on any atom is -0.321 e. The lowest BCUT2D eigenvalue weighted by atomic mass is 10.2. The van der Waals surface area contributed by atoms with E-state index in [4.69, 9.17) is 0 Å². The van der Waals surface area contributed by atoms with Crippen molar-refractivity contribution in [1.29, 1.82) is 0 Å². The fourth-order valence-electron chi connectivity index (χ4n) is 1.85. The van der Waals surface area contributed by atoms with E-state index in [0.717, 1.165) is 5.69 Å². The van der Waals surface area contributed by atoms with Crippen LogP contribution in [0.5, 0.6) is 0 Å². The summed E-state index contributed by atoms with van der Waals surface area (Å²) < 4.78 is 14.7. The Hall–Kier alpha value is -3.02. The van der Waals surface area contributed by atoms with Gasteiger partial charge in [-0.3, -0.25) is 4.79 Å². The number of pyridine rings is 1. The van der Waals surface area contributed by atoms with Crippen molar-refractivity contribution in [1.82, 2.24) is 14.8 Å². The largest absolute Gasteiger partial charge is 0.321 e. The smallest absolute Gasteiger partial charge is 0.274 e. The highest BCUT2D eigenvalue weighted by atomic mass is 19.1. The predicted octanol–water partition coefficient (Wildman–Crippen LogP) is 2.66. The molecule has 0 aliphatic rings. The number of anilines is 1. The van der Waals surface area contributed by atoms with E-state index in [1.807, 2.05) is 24.4 Å². The second-order valence-electron chi connectivity index (χ2n) is 4.30. The number of benzene rings is 1. The summed E-state index contributed by atoms with van der Waals surface area (Å²) in [5.41, 5.74) is 1.51. The summed E-state index contributed by atoms with van der Waals surface area (Å²) in [5, 5.41) is 6.77. The van der Waals surface area contributed by atoms with Gasteiger partial charge in [0.2, 0.25) is 5.95 Å². The molecule has 1 N–H and O–H groups in total. The number of rotatable bonds is 3. The minimum atomic E-state index is -0.684. The van der Waals surface area contributed by atoms with Gasteiger partial charge in [-0.2, -0.15) is 9.49 Å². The van der Waals surface area contributed by atoms with Crippen molar-refractivity contribution in [3.05, 3.63) is 72.6 Å². The van der Waals surface area contributed by atoms with Crippen molar-refractivity contribution in [2.24, 2.45) is 0 Å². The van der Waals surface area contributed by atoms with E-state index in [-0.39, 0.29) is 5.69 Å². The number of carbonyl (C=O) groups is 1. The molecule has 0 saturated carbocycles. The summed E-state index contributed by atoms with van der Waals surface area (Å²) in [7, 11) is 0. The molecule has 0 spiro atoms. The number of amides is 1. The zero-order valence-electron chi connectivity index (χ0n) is 10.9. The van der Waals surface area contributed by atoms with Crippen LogP contribution in [-0.2, 0) is 0 Å². The van der Waals surface area contributed by atoms with Crippen molar-refractivity contribution < 1.29 is 9.18 Å². The van der Waals surface area contributed by atoms with Crippen LogP contribution in [0.2, 0.25) is 0 Å². The molecule has 0 atom stereocenters. The van der Waals surface area contributed by atoms with E-state index in [2.05, 4.69) is 15.4 Å². The number of carbonyl (C=O) groups excluding carboxylic acids is 1. The highest BCUT2D eigenvalue weighted by molar-refractivity contribution is 6.02. The molecule has 3 rings (SSSR count). The van der Waals surface area contributed by atoms with Crippen molar-refractivity contribution in [2.75, 3.05) is 5.32 Å². The molecule has 21 heavy (non-hydrogen) atoms. The first kappa shape index (κ1) is 13.0. The average molecular weight is 282 g/mol. The number of nitrogens with zero attached hydrogens (tertiary/aromatic N) is 3. The maximum atomic E-state index is 13.0. The molecule has 5 nitrogen and oxygen atoms in total. The highest BCUT2D eigenvalue weighted by Crippen LogP contribution is 2.13. The molecule has 0 fully saturated rings. The standard InChI is InChI=1S/C15H11FN4O/c16-14-4-1-3-13(19-14)15(21)18-11-5-7-12(8-6-11)20-10-2-9-17-20/h1-10H,(H,18,21). The van der Waals surface area contributed by atoms with Crippen LogP contribution < -0.4 is 5.32 Å². The third-order valence-electron chi connectivity index (χ3n) is 2.84. The zero-order valence-corrected chi connectivity index (χ0v) is 10.9. The molecular weight excluding hydrogens is 271 g/mol. The molecule has 0 aliphatic heterocycles. The molecule has 6 heteroatoms. The molecule has 0 aliphatic carbocycles. The van der Waals surface area contributed by atoms with Gasteiger partial charge in [-0.05, 0) is 42.5 Å². The Kier molecular flexibility index (Phi) is 3.42. The molecule has 3 aromatic rings. The van der Waals surface area contributed by atoms with E-state index < -0.39 is 11.9 Å². The lowest BCUT2D eigenvalue weighted by molar-refractivity contribution is 0.102. The fourth-order valence-corrected chi connectivity index (χ4v) is 1.85. The summed E-state index contributed by atoms with van der Waals surface area (Å²) in [6.45, 7) is 0. The van der Waals surface area contributed by atoms with Crippen LogP contribution in [0.1, 0.15) is 10.5 Å². The maximum Gasteiger partial charge on any atom is 0.274 e. The SMILES string of the molecule is O=C(Nc1ccc(-n2cccn2)cc1)c1cccc(F)n1. The molecule has 0 radical (unpaired) electrons. The van der Waals surface area contributed by atoms with Crippen molar-refractivity contribution in [2.45, 2.75) is 0 Å². The van der Waals surface area contributed by atoms with Gasteiger partial charge in [0.25, 0.3) is 5.91 Å². The molecule has 1 aromatic carbocycles. The first-order chi connectivity index (χ1) is 10.2. The van der Waals surface area contributed by atoms with Crippen LogP contribution in [0.3, 0.4) is 0 Å². The minimum absolute atomic E-state index is 0.0335. The van der Waals surface area contributed by atoms with Crippen molar-refractivity contribution >= 4 is 11.6 Å². The van der Waals surface area contributed by atoms with Gasteiger partial charge in [-0.15, -0.1) is 0 Å². The Labute approximate surface area is 120 Å². The van der Waals surface area contributed by atoms with E-state index >= 15 is 0 Å². The lowest BCUT2D eigenvalue weighted by Crippen LogP contribution is -2.14. The highest BCUT2D eigenvalue weighted by Gasteiger charge is 2.08. The zero-order chi connectivity index (χ0) is 14.7. The Morgan fingerprint density at radius 2 is 1.90 bits per heavy atom. The quantitative estimate of drug-likeness (QED) is 0.751. The van der Waals surface area contributed by atoms with Crippen molar-refractivity contribution in [3.8, 4) is 5.69 Å². The van der Waals surface area contributed by atoms with Gasteiger partial charge in [-0.1, -0.05) is 6.07 Å². The van der Waals surface area contributed by atoms with Gasteiger partial charge in [0.1, 0.15) is 5.69 Å².